The molecule has 162 valence electrons. The fourth-order valence-electron chi connectivity index (χ4n) is 4.22. The summed E-state index contributed by atoms with van der Waals surface area (Å²) in [6.07, 6.45) is 1.00. The SMILES string of the molecule is COc1ccc(CCN2CCN(c3ccc(N)cc3N)C(c3ccc(Cl)cc3)C2)cc1. The Hall–Kier alpha value is -2.89. The van der Waals surface area contributed by atoms with Gasteiger partial charge in [-0.25, -0.2) is 0 Å². The molecule has 1 fully saturated rings. The van der Waals surface area contributed by atoms with Crippen molar-refractivity contribution in [3.05, 3.63) is 82.9 Å². The largest absolute Gasteiger partial charge is 0.497 e. The highest BCUT2D eigenvalue weighted by Crippen LogP contribution is 2.35. The number of methoxy groups -OCH3 is 1. The molecule has 0 radical (unpaired) electrons. The van der Waals surface area contributed by atoms with Gasteiger partial charge in [-0.15, -0.1) is 0 Å². The number of halogens is 1. The van der Waals surface area contributed by atoms with E-state index in [2.05, 4.69) is 34.1 Å². The normalized spacial score (nSPS) is 17.0. The third-order valence-corrected chi connectivity index (χ3v) is 6.21. The molecule has 0 saturated carbocycles. The first-order valence-corrected chi connectivity index (χ1v) is 10.9. The van der Waals surface area contributed by atoms with Gasteiger partial charge in [-0.05, 0) is 60.0 Å². The standard InChI is InChI=1S/C25H29ClN4O/c1-31-22-9-2-18(3-10-22)12-13-29-14-15-30(24-11-8-21(27)16-23(24)28)25(17-29)19-4-6-20(26)7-5-19/h2-11,16,25H,12-15,17,27-28H2,1H3. The molecule has 3 aromatic rings. The Morgan fingerprint density at radius 2 is 1.71 bits per heavy atom. The molecule has 0 aliphatic carbocycles. The van der Waals surface area contributed by atoms with E-state index in [0.29, 0.717) is 11.4 Å². The van der Waals surface area contributed by atoms with Crippen LogP contribution in [0, 0.1) is 0 Å². The van der Waals surface area contributed by atoms with Crippen LogP contribution in [0.25, 0.3) is 0 Å². The summed E-state index contributed by atoms with van der Waals surface area (Å²) in [7, 11) is 1.69. The number of ether oxygens (including phenoxy) is 1. The van der Waals surface area contributed by atoms with Crippen molar-refractivity contribution in [3.8, 4) is 5.75 Å². The Morgan fingerprint density at radius 1 is 0.968 bits per heavy atom. The van der Waals surface area contributed by atoms with E-state index in [1.54, 1.807) is 7.11 Å². The number of benzene rings is 3. The van der Waals surface area contributed by atoms with E-state index in [1.165, 1.54) is 11.1 Å². The molecule has 0 bridgehead atoms. The van der Waals surface area contributed by atoms with E-state index < -0.39 is 0 Å². The van der Waals surface area contributed by atoms with Crippen LogP contribution in [0.5, 0.6) is 5.75 Å². The first-order chi connectivity index (χ1) is 15.0. The molecule has 1 aliphatic rings. The second-order valence-electron chi connectivity index (χ2n) is 7.98. The highest BCUT2D eigenvalue weighted by atomic mass is 35.5. The second-order valence-corrected chi connectivity index (χ2v) is 8.41. The number of anilines is 3. The van der Waals surface area contributed by atoms with Gasteiger partial charge >= 0.3 is 0 Å². The van der Waals surface area contributed by atoms with Gasteiger partial charge in [-0.2, -0.15) is 0 Å². The van der Waals surface area contributed by atoms with E-state index in [-0.39, 0.29) is 6.04 Å². The number of hydrogen-bond donors (Lipinski definition) is 2. The molecule has 1 unspecified atom stereocenters. The lowest BCUT2D eigenvalue weighted by Crippen LogP contribution is -2.49. The van der Waals surface area contributed by atoms with Gasteiger partial charge in [-0.3, -0.25) is 4.90 Å². The minimum absolute atomic E-state index is 0.188. The third-order valence-electron chi connectivity index (χ3n) is 5.96. The smallest absolute Gasteiger partial charge is 0.118 e. The van der Waals surface area contributed by atoms with E-state index >= 15 is 0 Å². The average molecular weight is 437 g/mol. The molecule has 3 aromatic carbocycles. The number of nitrogens with two attached hydrogens (primary N) is 2. The summed E-state index contributed by atoms with van der Waals surface area (Å²) < 4.78 is 5.26. The molecule has 0 amide bonds. The summed E-state index contributed by atoms with van der Waals surface area (Å²) in [6, 6.07) is 22.4. The maximum absolute atomic E-state index is 6.34. The molecule has 31 heavy (non-hydrogen) atoms. The predicted molar refractivity (Wildman–Crippen MR) is 130 cm³/mol. The Kier molecular flexibility index (Phi) is 6.54. The molecule has 6 heteroatoms. The summed E-state index contributed by atoms with van der Waals surface area (Å²) in [5.74, 6) is 0.890. The molecular formula is C25H29ClN4O. The van der Waals surface area contributed by atoms with Crippen molar-refractivity contribution in [1.29, 1.82) is 0 Å². The lowest BCUT2D eigenvalue weighted by molar-refractivity contribution is 0.226. The van der Waals surface area contributed by atoms with Gasteiger partial charge in [0, 0.05) is 36.9 Å². The first kappa shape index (κ1) is 21.3. The highest BCUT2D eigenvalue weighted by molar-refractivity contribution is 6.30. The molecule has 4 N–H and O–H groups in total. The van der Waals surface area contributed by atoms with Crippen LogP contribution >= 0.6 is 11.6 Å². The number of nitrogen functional groups attached to an aromatic ring is 2. The highest BCUT2D eigenvalue weighted by Gasteiger charge is 2.29. The molecule has 1 saturated heterocycles. The molecule has 0 spiro atoms. The Balaban J connectivity index is 1.52. The molecule has 1 aliphatic heterocycles. The van der Waals surface area contributed by atoms with Crippen LogP contribution in [0.2, 0.25) is 5.02 Å². The summed E-state index contributed by atoms with van der Waals surface area (Å²) in [4.78, 5) is 4.91. The van der Waals surface area contributed by atoms with Gasteiger partial charge < -0.3 is 21.1 Å². The first-order valence-electron chi connectivity index (χ1n) is 10.6. The zero-order valence-electron chi connectivity index (χ0n) is 17.8. The van der Waals surface area contributed by atoms with Crippen LogP contribution in [0.4, 0.5) is 17.1 Å². The molecule has 4 rings (SSSR count). The fraction of sp³-hybridized carbons (Fsp3) is 0.280. The summed E-state index contributed by atoms with van der Waals surface area (Å²) in [6.45, 7) is 3.79. The average Bonchev–Trinajstić information content (AvgIpc) is 2.79. The minimum atomic E-state index is 0.188. The minimum Gasteiger partial charge on any atom is -0.497 e. The number of nitrogens with zero attached hydrogens (tertiary/aromatic N) is 2. The number of rotatable bonds is 6. The molecule has 5 nitrogen and oxygen atoms in total. The van der Waals surface area contributed by atoms with Gasteiger partial charge in [0.15, 0.2) is 0 Å². The molecular weight excluding hydrogens is 408 g/mol. The monoisotopic (exact) mass is 436 g/mol. The third kappa shape index (κ3) is 5.06. The van der Waals surface area contributed by atoms with E-state index in [9.17, 15) is 0 Å². The predicted octanol–water partition coefficient (Wildman–Crippen LogP) is 4.62. The van der Waals surface area contributed by atoms with Crippen LogP contribution in [-0.2, 0) is 6.42 Å². The summed E-state index contributed by atoms with van der Waals surface area (Å²) in [5.41, 5.74) is 17.2. The molecule has 1 heterocycles. The Bertz CT molecular complexity index is 1010. The second kappa shape index (κ2) is 9.50. The van der Waals surface area contributed by atoms with E-state index in [1.807, 2.05) is 42.5 Å². The van der Waals surface area contributed by atoms with Gasteiger partial charge in [0.2, 0.25) is 0 Å². The van der Waals surface area contributed by atoms with Crippen molar-refractivity contribution < 1.29 is 4.74 Å². The number of hydrogen-bond acceptors (Lipinski definition) is 5. The van der Waals surface area contributed by atoms with Crippen molar-refractivity contribution in [2.45, 2.75) is 12.5 Å². The van der Waals surface area contributed by atoms with Crippen molar-refractivity contribution in [2.75, 3.05) is 49.7 Å². The van der Waals surface area contributed by atoms with E-state index in [0.717, 1.165) is 49.1 Å². The number of piperazine rings is 1. The lowest BCUT2D eigenvalue weighted by Gasteiger charge is -2.43. The zero-order valence-corrected chi connectivity index (χ0v) is 18.6. The van der Waals surface area contributed by atoms with Crippen LogP contribution in [0.1, 0.15) is 17.2 Å². The maximum Gasteiger partial charge on any atom is 0.118 e. The van der Waals surface area contributed by atoms with Gasteiger partial charge in [0.05, 0.1) is 24.5 Å². The summed E-state index contributed by atoms with van der Waals surface area (Å²) in [5, 5.41) is 0.745. The maximum atomic E-state index is 6.34. The molecule has 0 aromatic heterocycles. The van der Waals surface area contributed by atoms with Crippen LogP contribution < -0.4 is 21.1 Å². The van der Waals surface area contributed by atoms with Crippen LogP contribution in [-0.4, -0.2) is 38.2 Å². The van der Waals surface area contributed by atoms with E-state index in [4.69, 9.17) is 27.8 Å². The fourth-order valence-corrected chi connectivity index (χ4v) is 4.34. The van der Waals surface area contributed by atoms with Crippen LogP contribution in [0.15, 0.2) is 66.7 Å². The summed E-state index contributed by atoms with van der Waals surface area (Å²) >= 11 is 6.15. The lowest BCUT2D eigenvalue weighted by atomic mass is 10.00. The zero-order chi connectivity index (χ0) is 21.8. The van der Waals surface area contributed by atoms with Crippen LogP contribution in [0.3, 0.4) is 0 Å². The van der Waals surface area contributed by atoms with Gasteiger partial charge in [0.25, 0.3) is 0 Å². The van der Waals surface area contributed by atoms with Crippen molar-refractivity contribution in [1.82, 2.24) is 4.90 Å². The van der Waals surface area contributed by atoms with Gasteiger partial charge in [-0.1, -0.05) is 35.9 Å². The quantitative estimate of drug-likeness (QED) is 0.552. The Labute approximate surface area is 189 Å². The topological polar surface area (TPSA) is 67.8 Å². The van der Waals surface area contributed by atoms with Gasteiger partial charge in [0.1, 0.15) is 5.75 Å². The van der Waals surface area contributed by atoms with Crippen molar-refractivity contribution in [3.63, 3.8) is 0 Å². The molecule has 1 atom stereocenters. The van der Waals surface area contributed by atoms with Crippen molar-refractivity contribution >= 4 is 28.7 Å². The van der Waals surface area contributed by atoms with Crippen molar-refractivity contribution in [2.24, 2.45) is 0 Å². The Morgan fingerprint density at radius 3 is 2.39 bits per heavy atom.